The number of benzene rings is 1. The van der Waals surface area contributed by atoms with E-state index in [0.29, 0.717) is 12.5 Å². The van der Waals surface area contributed by atoms with Gasteiger partial charge in [-0.15, -0.1) is 0 Å². The SMILES string of the molecule is CCc1cc(CC)nc(NCc2ccc(C(=O)O)cc2)n1. The zero-order valence-corrected chi connectivity index (χ0v) is 12.3. The lowest BCUT2D eigenvalue weighted by atomic mass is 10.1. The lowest BCUT2D eigenvalue weighted by Gasteiger charge is -2.08. The maximum atomic E-state index is 10.8. The molecule has 1 aromatic heterocycles. The van der Waals surface area contributed by atoms with Crippen molar-refractivity contribution in [2.24, 2.45) is 0 Å². The van der Waals surface area contributed by atoms with Crippen LogP contribution in [0.25, 0.3) is 0 Å². The lowest BCUT2D eigenvalue weighted by Crippen LogP contribution is -2.07. The summed E-state index contributed by atoms with van der Waals surface area (Å²) in [4.78, 5) is 19.7. The van der Waals surface area contributed by atoms with E-state index in [1.165, 1.54) is 0 Å². The Hall–Kier alpha value is -2.43. The molecule has 2 N–H and O–H groups in total. The Balaban J connectivity index is 2.06. The highest BCUT2D eigenvalue weighted by Crippen LogP contribution is 2.10. The van der Waals surface area contributed by atoms with Crippen molar-refractivity contribution >= 4 is 11.9 Å². The topological polar surface area (TPSA) is 75.1 Å². The average molecular weight is 285 g/mol. The molecule has 0 amide bonds. The van der Waals surface area contributed by atoms with Crippen LogP contribution in [0.15, 0.2) is 30.3 Å². The smallest absolute Gasteiger partial charge is 0.335 e. The molecule has 0 aliphatic carbocycles. The summed E-state index contributed by atoms with van der Waals surface area (Å²) in [6.45, 7) is 4.70. The molecule has 1 aromatic carbocycles. The Morgan fingerprint density at radius 2 is 1.67 bits per heavy atom. The highest BCUT2D eigenvalue weighted by atomic mass is 16.4. The summed E-state index contributed by atoms with van der Waals surface area (Å²) in [7, 11) is 0. The summed E-state index contributed by atoms with van der Waals surface area (Å²) in [6, 6.07) is 8.80. The van der Waals surface area contributed by atoms with Crippen LogP contribution in [-0.4, -0.2) is 21.0 Å². The van der Waals surface area contributed by atoms with Crippen LogP contribution in [0.4, 0.5) is 5.95 Å². The molecule has 0 atom stereocenters. The van der Waals surface area contributed by atoms with E-state index >= 15 is 0 Å². The molecule has 0 aliphatic heterocycles. The molecule has 0 fully saturated rings. The van der Waals surface area contributed by atoms with Crippen LogP contribution in [0.5, 0.6) is 0 Å². The van der Waals surface area contributed by atoms with Gasteiger partial charge in [-0.1, -0.05) is 26.0 Å². The molecule has 0 aliphatic rings. The maximum absolute atomic E-state index is 10.8. The molecule has 5 nitrogen and oxygen atoms in total. The number of hydrogen-bond acceptors (Lipinski definition) is 4. The first-order valence-electron chi connectivity index (χ1n) is 7.05. The number of aromatic nitrogens is 2. The summed E-state index contributed by atoms with van der Waals surface area (Å²) in [5.74, 6) is -0.297. The highest BCUT2D eigenvalue weighted by molar-refractivity contribution is 5.87. The number of nitrogens with zero attached hydrogens (tertiary/aromatic N) is 2. The second-order valence-electron chi connectivity index (χ2n) is 4.74. The van der Waals surface area contributed by atoms with E-state index in [1.807, 2.05) is 6.07 Å². The average Bonchev–Trinajstić information content (AvgIpc) is 2.52. The summed E-state index contributed by atoms with van der Waals surface area (Å²) in [5.41, 5.74) is 3.32. The minimum Gasteiger partial charge on any atom is -0.478 e. The van der Waals surface area contributed by atoms with Gasteiger partial charge in [0.05, 0.1) is 5.56 Å². The lowest BCUT2D eigenvalue weighted by molar-refractivity contribution is 0.0697. The second kappa shape index (κ2) is 6.83. The van der Waals surface area contributed by atoms with Gasteiger partial charge < -0.3 is 10.4 Å². The van der Waals surface area contributed by atoms with Gasteiger partial charge in [0, 0.05) is 17.9 Å². The molecule has 2 aromatic rings. The number of hydrogen-bond donors (Lipinski definition) is 2. The van der Waals surface area contributed by atoms with Crippen LogP contribution < -0.4 is 5.32 Å². The molecule has 0 saturated heterocycles. The standard InChI is InChI=1S/C16H19N3O2/c1-3-13-9-14(4-2)19-16(18-13)17-10-11-5-7-12(8-6-11)15(20)21/h5-9H,3-4,10H2,1-2H3,(H,20,21)(H,17,18,19). The van der Waals surface area contributed by atoms with Gasteiger partial charge in [0.25, 0.3) is 0 Å². The van der Waals surface area contributed by atoms with Crippen molar-refractivity contribution in [1.29, 1.82) is 0 Å². The van der Waals surface area contributed by atoms with Crippen LogP contribution in [0.1, 0.15) is 41.2 Å². The number of carboxylic acids is 1. The van der Waals surface area contributed by atoms with E-state index in [0.717, 1.165) is 29.8 Å². The number of carboxylic acid groups (broad SMARTS) is 1. The fourth-order valence-corrected chi connectivity index (χ4v) is 1.94. The molecule has 0 spiro atoms. The minimum atomic E-state index is -0.916. The fraction of sp³-hybridized carbons (Fsp3) is 0.312. The first-order valence-corrected chi connectivity index (χ1v) is 7.05. The molecule has 1 heterocycles. The quantitative estimate of drug-likeness (QED) is 0.853. The Bertz CT molecular complexity index is 602. The van der Waals surface area contributed by atoms with E-state index < -0.39 is 5.97 Å². The molecular weight excluding hydrogens is 266 g/mol. The van der Waals surface area contributed by atoms with Gasteiger partial charge in [-0.3, -0.25) is 0 Å². The van der Waals surface area contributed by atoms with Crippen LogP contribution in [0.3, 0.4) is 0 Å². The van der Waals surface area contributed by atoms with Gasteiger partial charge in [0.1, 0.15) is 0 Å². The Kier molecular flexibility index (Phi) is 4.87. The van der Waals surface area contributed by atoms with E-state index in [9.17, 15) is 4.79 Å². The van der Waals surface area contributed by atoms with Crippen molar-refractivity contribution < 1.29 is 9.90 Å². The largest absolute Gasteiger partial charge is 0.478 e. The van der Waals surface area contributed by atoms with Gasteiger partial charge in [-0.05, 0) is 36.6 Å². The Labute approximate surface area is 124 Å². The summed E-state index contributed by atoms with van der Waals surface area (Å²) in [5, 5.41) is 12.1. The van der Waals surface area contributed by atoms with Gasteiger partial charge in [-0.2, -0.15) is 0 Å². The first kappa shape index (κ1) is 15.0. The van der Waals surface area contributed by atoms with Crippen molar-refractivity contribution in [2.45, 2.75) is 33.2 Å². The maximum Gasteiger partial charge on any atom is 0.335 e. The first-order chi connectivity index (χ1) is 10.1. The third kappa shape index (κ3) is 4.02. The molecule has 5 heteroatoms. The van der Waals surface area contributed by atoms with E-state index in [1.54, 1.807) is 24.3 Å². The van der Waals surface area contributed by atoms with Gasteiger partial charge in [-0.25, -0.2) is 14.8 Å². The van der Waals surface area contributed by atoms with Crippen LogP contribution in [0.2, 0.25) is 0 Å². The van der Waals surface area contributed by atoms with Crippen molar-refractivity contribution in [3.05, 3.63) is 52.8 Å². The predicted octanol–water partition coefficient (Wildman–Crippen LogP) is 2.91. The van der Waals surface area contributed by atoms with Gasteiger partial charge in [0.15, 0.2) is 0 Å². The van der Waals surface area contributed by atoms with Gasteiger partial charge >= 0.3 is 5.97 Å². The number of carbonyl (C=O) groups is 1. The van der Waals surface area contributed by atoms with Crippen molar-refractivity contribution in [2.75, 3.05) is 5.32 Å². The fourth-order valence-electron chi connectivity index (χ4n) is 1.94. The highest BCUT2D eigenvalue weighted by Gasteiger charge is 2.04. The summed E-state index contributed by atoms with van der Waals surface area (Å²) >= 11 is 0. The molecule has 2 rings (SSSR count). The predicted molar refractivity (Wildman–Crippen MR) is 81.5 cm³/mol. The molecule has 21 heavy (non-hydrogen) atoms. The Morgan fingerprint density at radius 1 is 1.10 bits per heavy atom. The van der Waals surface area contributed by atoms with Crippen molar-refractivity contribution in [3.63, 3.8) is 0 Å². The molecular formula is C16H19N3O2. The van der Waals surface area contributed by atoms with Crippen LogP contribution in [0, 0.1) is 0 Å². The zero-order chi connectivity index (χ0) is 15.2. The van der Waals surface area contributed by atoms with Crippen LogP contribution in [-0.2, 0) is 19.4 Å². The summed E-state index contributed by atoms with van der Waals surface area (Å²) in [6.07, 6.45) is 1.75. The molecule has 0 radical (unpaired) electrons. The Morgan fingerprint density at radius 3 is 2.14 bits per heavy atom. The van der Waals surface area contributed by atoms with Crippen molar-refractivity contribution in [3.8, 4) is 0 Å². The number of aromatic carboxylic acids is 1. The normalized spacial score (nSPS) is 10.4. The number of nitrogens with one attached hydrogen (secondary N) is 1. The van der Waals surface area contributed by atoms with E-state index in [4.69, 9.17) is 5.11 Å². The molecule has 0 unspecified atom stereocenters. The number of anilines is 1. The molecule has 0 bridgehead atoms. The summed E-state index contributed by atoms with van der Waals surface area (Å²) < 4.78 is 0. The number of rotatable bonds is 6. The van der Waals surface area contributed by atoms with E-state index in [-0.39, 0.29) is 5.56 Å². The zero-order valence-electron chi connectivity index (χ0n) is 12.3. The molecule has 110 valence electrons. The van der Waals surface area contributed by atoms with E-state index in [2.05, 4.69) is 29.1 Å². The molecule has 0 saturated carbocycles. The van der Waals surface area contributed by atoms with Crippen molar-refractivity contribution in [1.82, 2.24) is 9.97 Å². The number of aryl methyl sites for hydroxylation is 2. The van der Waals surface area contributed by atoms with Gasteiger partial charge in [0.2, 0.25) is 5.95 Å². The minimum absolute atomic E-state index is 0.288. The third-order valence-corrected chi connectivity index (χ3v) is 3.21. The third-order valence-electron chi connectivity index (χ3n) is 3.21. The monoisotopic (exact) mass is 285 g/mol. The van der Waals surface area contributed by atoms with Crippen LogP contribution >= 0.6 is 0 Å². The second-order valence-corrected chi connectivity index (χ2v) is 4.74.